The molecule has 1 saturated heterocycles. The Balaban J connectivity index is 1.71. The van der Waals surface area contributed by atoms with Crippen LogP contribution in [0.1, 0.15) is 18.7 Å². The molecule has 1 fully saturated rings. The molecule has 1 atom stereocenters. The lowest BCUT2D eigenvalue weighted by molar-refractivity contribution is 0.120. The Hall–Kier alpha value is -2.18. The normalized spacial score (nSPS) is 17.5. The van der Waals surface area contributed by atoms with Gasteiger partial charge >= 0.3 is 0 Å². The summed E-state index contributed by atoms with van der Waals surface area (Å²) in [5.74, 6) is 1.49. The van der Waals surface area contributed by atoms with E-state index in [1.165, 1.54) is 0 Å². The molecule has 3 heterocycles. The van der Waals surface area contributed by atoms with Crippen molar-refractivity contribution in [1.82, 2.24) is 19.7 Å². The van der Waals surface area contributed by atoms with Gasteiger partial charge in [0.1, 0.15) is 11.6 Å². The van der Waals surface area contributed by atoms with Crippen LogP contribution >= 0.6 is 11.6 Å². The van der Waals surface area contributed by atoms with Crippen LogP contribution in [-0.2, 0) is 4.74 Å². The molecule has 7 heteroatoms. The molecule has 124 valence electrons. The average Bonchev–Trinajstić information content (AvgIpc) is 3.22. The van der Waals surface area contributed by atoms with Gasteiger partial charge in [0.05, 0.1) is 23.4 Å². The predicted octanol–water partition coefficient (Wildman–Crippen LogP) is 3.37. The van der Waals surface area contributed by atoms with E-state index >= 15 is 0 Å². The van der Waals surface area contributed by atoms with Gasteiger partial charge in [-0.1, -0.05) is 17.7 Å². The number of hydrogen-bond donors (Lipinski definition) is 1. The molecule has 2 aromatic heterocycles. The number of ether oxygens (including phenoxy) is 1. The molecule has 1 N–H and O–H groups in total. The van der Waals surface area contributed by atoms with E-state index in [1.54, 1.807) is 10.9 Å². The number of benzene rings is 1. The summed E-state index contributed by atoms with van der Waals surface area (Å²) < 4.78 is 7.45. The summed E-state index contributed by atoms with van der Waals surface area (Å²) in [6, 6.07) is 7.56. The Morgan fingerprint density at radius 3 is 3.08 bits per heavy atom. The summed E-state index contributed by atoms with van der Waals surface area (Å²) in [4.78, 5) is 9.09. The minimum absolute atomic E-state index is 0.248. The fraction of sp³-hybridized carbons (Fsp3) is 0.353. The van der Waals surface area contributed by atoms with Gasteiger partial charge < -0.3 is 10.1 Å². The van der Waals surface area contributed by atoms with E-state index in [4.69, 9.17) is 16.3 Å². The van der Waals surface area contributed by atoms with Crippen LogP contribution < -0.4 is 5.32 Å². The Labute approximate surface area is 144 Å². The Morgan fingerprint density at radius 2 is 2.29 bits per heavy atom. The van der Waals surface area contributed by atoms with Gasteiger partial charge in [-0.05, 0) is 38.0 Å². The number of anilines is 1. The molecular weight excluding hydrogens is 326 g/mol. The minimum Gasteiger partial charge on any atom is -0.376 e. The minimum atomic E-state index is 0.248. The third kappa shape index (κ3) is 2.95. The highest BCUT2D eigenvalue weighted by atomic mass is 35.5. The highest BCUT2D eigenvalue weighted by molar-refractivity contribution is 6.30. The molecule has 1 aromatic carbocycles. The molecule has 0 saturated carbocycles. The molecule has 1 unspecified atom stereocenters. The SMILES string of the molecule is Cc1nc(NCC2CCCO2)c2cnn(-c3cccc(Cl)c3)c2n1. The molecule has 0 aliphatic carbocycles. The van der Waals surface area contributed by atoms with Crippen LogP contribution in [0.25, 0.3) is 16.7 Å². The van der Waals surface area contributed by atoms with E-state index in [-0.39, 0.29) is 6.10 Å². The van der Waals surface area contributed by atoms with Crippen LogP contribution in [0.15, 0.2) is 30.5 Å². The molecule has 6 nitrogen and oxygen atoms in total. The molecule has 0 amide bonds. The summed E-state index contributed by atoms with van der Waals surface area (Å²) in [5, 5.41) is 9.42. The molecule has 24 heavy (non-hydrogen) atoms. The first-order chi connectivity index (χ1) is 11.7. The Morgan fingerprint density at radius 1 is 1.38 bits per heavy atom. The van der Waals surface area contributed by atoms with Crippen LogP contribution in [0.5, 0.6) is 0 Å². The predicted molar refractivity (Wildman–Crippen MR) is 93.9 cm³/mol. The lowest BCUT2D eigenvalue weighted by atomic mass is 10.2. The van der Waals surface area contributed by atoms with Crippen molar-refractivity contribution in [3.63, 3.8) is 0 Å². The first-order valence-corrected chi connectivity index (χ1v) is 8.42. The van der Waals surface area contributed by atoms with E-state index in [9.17, 15) is 0 Å². The fourth-order valence-corrected chi connectivity index (χ4v) is 3.15. The standard InChI is InChI=1S/C17H18ClN5O/c1-11-21-16(19-9-14-6-3-7-24-14)15-10-20-23(17(15)22-11)13-5-2-4-12(18)8-13/h2,4-5,8,10,14H,3,6-7,9H2,1H3,(H,19,21,22). The molecule has 1 aliphatic heterocycles. The first-order valence-electron chi connectivity index (χ1n) is 8.04. The topological polar surface area (TPSA) is 64.9 Å². The van der Waals surface area contributed by atoms with E-state index in [2.05, 4.69) is 20.4 Å². The van der Waals surface area contributed by atoms with Gasteiger partial charge in [-0.3, -0.25) is 0 Å². The van der Waals surface area contributed by atoms with Gasteiger partial charge in [-0.15, -0.1) is 0 Å². The number of aryl methyl sites for hydroxylation is 1. The van der Waals surface area contributed by atoms with Gasteiger partial charge in [0.15, 0.2) is 5.65 Å². The molecular formula is C17H18ClN5O. The van der Waals surface area contributed by atoms with E-state index in [1.807, 2.05) is 31.2 Å². The molecule has 3 aromatic rings. The third-order valence-electron chi connectivity index (χ3n) is 4.11. The summed E-state index contributed by atoms with van der Waals surface area (Å²) in [6.07, 6.45) is 4.24. The molecule has 1 aliphatic rings. The second kappa shape index (κ2) is 6.37. The third-order valence-corrected chi connectivity index (χ3v) is 4.35. The number of halogens is 1. The lowest BCUT2D eigenvalue weighted by Gasteiger charge is -2.12. The van der Waals surface area contributed by atoms with Crippen LogP contribution in [0, 0.1) is 6.92 Å². The van der Waals surface area contributed by atoms with Crippen LogP contribution in [0.4, 0.5) is 5.82 Å². The number of nitrogens with one attached hydrogen (secondary N) is 1. The van der Waals surface area contributed by atoms with Crippen molar-refractivity contribution in [1.29, 1.82) is 0 Å². The maximum Gasteiger partial charge on any atom is 0.168 e. The second-order valence-corrected chi connectivity index (χ2v) is 6.35. The summed E-state index contributed by atoms with van der Waals surface area (Å²) in [6.45, 7) is 3.47. The first kappa shape index (κ1) is 15.4. The zero-order valence-electron chi connectivity index (χ0n) is 13.4. The van der Waals surface area contributed by atoms with Crippen LogP contribution in [0.3, 0.4) is 0 Å². The highest BCUT2D eigenvalue weighted by Gasteiger charge is 2.17. The van der Waals surface area contributed by atoms with Gasteiger partial charge in [-0.25, -0.2) is 14.6 Å². The number of hydrogen-bond acceptors (Lipinski definition) is 5. The maximum atomic E-state index is 6.10. The van der Waals surface area contributed by atoms with Crippen molar-refractivity contribution in [2.45, 2.75) is 25.9 Å². The summed E-state index contributed by atoms with van der Waals surface area (Å²) >= 11 is 6.10. The molecule has 4 rings (SSSR count). The van der Waals surface area contributed by atoms with Crippen molar-refractivity contribution in [2.24, 2.45) is 0 Å². The van der Waals surface area contributed by atoms with Crippen molar-refractivity contribution in [3.8, 4) is 5.69 Å². The van der Waals surface area contributed by atoms with E-state index in [0.717, 1.165) is 48.5 Å². The van der Waals surface area contributed by atoms with Gasteiger partial charge in [0.2, 0.25) is 0 Å². The van der Waals surface area contributed by atoms with Gasteiger partial charge in [-0.2, -0.15) is 5.10 Å². The monoisotopic (exact) mass is 343 g/mol. The smallest absolute Gasteiger partial charge is 0.168 e. The Bertz CT molecular complexity index is 873. The average molecular weight is 344 g/mol. The second-order valence-electron chi connectivity index (χ2n) is 5.91. The van der Waals surface area contributed by atoms with Crippen LogP contribution in [-0.4, -0.2) is 39.0 Å². The number of fused-ring (bicyclic) bond motifs is 1. The fourth-order valence-electron chi connectivity index (χ4n) is 2.96. The summed E-state index contributed by atoms with van der Waals surface area (Å²) in [7, 11) is 0. The van der Waals surface area contributed by atoms with Gasteiger partial charge in [0, 0.05) is 18.2 Å². The zero-order chi connectivity index (χ0) is 16.5. The number of aromatic nitrogens is 4. The van der Waals surface area contributed by atoms with Crippen molar-refractivity contribution in [2.75, 3.05) is 18.5 Å². The molecule has 0 radical (unpaired) electrons. The summed E-state index contributed by atoms with van der Waals surface area (Å²) in [5.41, 5.74) is 1.64. The van der Waals surface area contributed by atoms with Crippen LogP contribution in [0.2, 0.25) is 5.02 Å². The van der Waals surface area contributed by atoms with E-state index < -0.39 is 0 Å². The zero-order valence-corrected chi connectivity index (χ0v) is 14.1. The van der Waals surface area contributed by atoms with Crippen molar-refractivity contribution in [3.05, 3.63) is 41.3 Å². The van der Waals surface area contributed by atoms with Crippen molar-refractivity contribution >= 4 is 28.5 Å². The highest BCUT2D eigenvalue weighted by Crippen LogP contribution is 2.24. The largest absolute Gasteiger partial charge is 0.376 e. The quantitative estimate of drug-likeness (QED) is 0.786. The number of nitrogens with zero attached hydrogens (tertiary/aromatic N) is 4. The van der Waals surface area contributed by atoms with Gasteiger partial charge in [0.25, 0.3) is 0 Å². The Kier molecular flexibility index (Phi) is 4.08. The van der Waals surface area contributed by atoms with E-state index in [0.29, 0.717) is 10.8 Å². The molecule has 0 bridgehead atoms. The lowest BCUT2D eigenvalue weighted by Crippen LogP contribution is -2.19. The maximum absolute atomic E-state index is 6.10. The van der Waals surface area contributed by atoms with Crippen molar-refractivity contribution < 1.29 is 4.74 Å². The number of rotatable bonds is 4. The molecule has 0 spiro atoms.